The molecule has 3 nitrogen and oxygen atoms in total. The van der Waals surface area contributed by atoms with Crippen molar-refractivity contribution >= 4 is 0 Å². The van der Waals surface area contributed by atoms with E-state index in [4.69, 9.17) is 9.47 Å². The minimum absolute atomic E-state index is 0.294. The van der Waals surface area contributed by atoms with Crippen molar-refractivity contribution in [2.24, 2.45) is 0 Å². The fraction of sp³-hybridized carbons (Fsp3) is 0.600. The second-order valence-electron chi connectivity index (χ2n) is 4.49. The quantitative estimate of drug-likeness (QED) is 0.634. The molecule has 1 rings (SSSR count). The van der Waals surface area contributed by atoms with Crippen molar-refractivity contribution in [1.82, 2.24) is 5.32 Å². The highest BCUT2D eigenvalue weighted by Gasteiger charge is 2.01. The summed E-state index contributed by atoms with van der Waals surface area (Å²) in [6.07, 6.45) is -0.215. The molecule has 0 bridgehead atoms. The van der Waals surface area contributed by atoms with Gasteiger partial charge in [-0.1, -0.05) is 25.5 Å². The molecule has 0 aliphatic carbocycles. The maximum atomic E-state index is 11.8. The number of hydrogen-bond donors (Lipinski definition) is 1. The number of hydrogen-bond acceptors (Lipinski definition) is 3. The van der Waals surface area contributed by atoms with Crippen molar-refractivity contribution in [2.75, 3.05) is 26.4 Å². The van der Waals surface area contributed by atoms with Crippen LogP contribution in [0.2, 0.25) is 0 Å². The van der Waals surface area contributed by atoms with Crippen LogP contribution in [0.25, 0.3) is 0 Å². The van der Waals surface area contributed by atoms with Crippen molar-refractivity contribution in [3.05, 3.63) is 29.8 Å². The normalized spacial score (nSPS) is 11.0. The van der Waals surface area contributed by atoms with Gasteiger partial charge in [-0.2, -0.15) is 0 Å². The molecule has 1 N–H and O–H groups in total. The first kappa shape index (κ1) is 16.9. The molecule has 0 saturated carbocycles. The van der Waals surface area contributed by atoms with Crippen LogP contribution in [-0.2, 0) is 11.3 Å². The standard InChI is InChI=1S/C15H23F2NO2/c1-2-3-9-20-14-6-4-13(5-7-14)11-18-8-10-19-12-15(16)17/h4-7,15,18H,2-3,8-12H2,1H3. The van der Waals surface area contributed by atoms with Gasteiger partial charge in [0.15, 0.2) is 0 Å². The van der Waals surface area contributed by atoms with Crippen LogP contribution in [0.5, 0.6) is 5.75 Å². The molecule has 0 aliphatic heterocycles. The van der Waals surface area contributed by atoms with Gasteiger partial charge in [0, 0.05) is 13.1 Å². The van der Waals surface area contributed by atoms with E-state index in [1.54, 1.807) is 0 Å². The number of nitrogens with one attached hydrogen (secondary N) is 1. The molecule has 20 heavy (non-hydrogen) atoms. The van der Waals surface area contributed by atoms with Crippen molar-refractivity contribution in [1.29, 1.82) is 0 Å². The third-order valence-electron chi connectivity index (χ3n) is 2.69. The molecule has 0 aromatic heterocycles. The Labute approximate surface area is 119 Å². The van der Waals surface area contributed by atoms with E-state index in [2.05, 4.69) is 12.2 Å². The van der Waals surface area contributed by atoms with E-state index in [9.17, 15) is 8.78 Å². The molecule has 0 radical (unpaired) electrons. The van der Waals surface area contributed by atoms with E-state index >= 15 is 0 Å². The Kier molecular flexibility index (Phi) is 8.91. The van der Waals surface area contributed by atoms with Gasteiger partial charge in [-0.3, -0.25) is 0 Å². The lowest BCUT2D eigenvalue weighted by molar-refractivity contribution is 0.0187. The van der Waals surface area contributed by atoms with E-state index in [0.717, 1.165) is 30.8 Å². The van der Waals surface area contributed by atoms with E-state index in [-0.39, 0.29) is 0 Å². The van der Waals surface area contributed by atoms with Crippen LogP contribution in [0.4, 0.5) is 8.78 Å². The van der Waals surface area contributed by atoms with Crippen LogP contribution in [-0.4, -0.2) is 32.8 Å². The monoisotopic (exact) mass is 287 g/mol. The van der Waals surface area contributed by atoms with Gasteiger partial charge >= 0.3 is 0 Å². The first-order chi connectivity index (χ1) is 9.72. The summed E-state index contributed by atoms with van der Waals surface area (Å²) in [5.74, 6) is 0.877. The van der Waals surface area contributed by atoms with Gasteiger partial charge in [-0.15, -0.1) is 0 Å². The summed E-state index contributed by atoms with van der Waals surface area (Å²) in [6.45, 7) is 3.92. The highest BCUT2D eigenvalue weighted by Crippen LogP contribution is 2.12. The molecule has 0 unspecified atom stereocenters. The number of unbranched alkanes of at least 4 members (excludes halogenated alkanes) is 1. The zero-order valence-corrected chi connectivity index (χ0v) is 11.9. The summed E-state index contributed by atoms with van der Waals surface area (Å²) < 4.78 is 33.9. The van der Waals surface area contributed by atoms with Crippen LogP contribution in [0, 0.1) is 0 Å². The minimum atomic E-state index is -2.39. The summed E-state index contributed by atoms with van der Waals surface area (Å²) in [5, 5.41) is 3.14. The van der Waals surface area contributed by atoms with Crippen LogP contribution in [0.1, 0.15) is 25.3 Å². The maximum absolute atomic E-state index is 11.8. The van der Waals surface area contributed by atoms with Crippen molar-refractivity contribution in [2.45, 2.75) is 32.7 Å². The van der Waals surface area contributed by atoms with Gasteiger partial charge in [0.05, 0.1) is 13.2 Å². The second kappa shape index (κ2) is 10.6. The number of rotatable bonds is 11. The molecule has 114 valence electrons. The van der Waals surface area contributed by atoms with Gasteiger partial charge in [0.2, 0.25) is 0 Å². The molecular formula is C15H23F2NO2. The van der Waals surface area contributed by atoms with Gasteiger partial charge in [0.1, 0.15) is 12.4 Å². The molecule has 0 heterocycles. The number of halogens is 2. The fourth-order valence-corrected chi connectivity index (χ4v) is 1.59. The Bertz CT molecular complexity index is 344. The number of ether oxygens (including phenoxy) is 2. The smallest absolute Gasteiger partial charge is 0.261 e. The summed E-state index contributed by atoms with van der Waals surface area (Å²) in [7, 11) is 0. The molecular weight excluding hydrogens is 264 g/mol. The largest absolute Gasteiger partial charge is 0.494 e. The molecule has 0 fully saturated rings. The Morgan fingerprint density at radius 2 is 1.90 bits per heavy atom. The summed E-state index contributed by atoms with van der Waals surface area (Å²) >= 11 is 0. The van der Waals surface area contributed by atoms with Gasteiger partial charge in [-0.05, 0) is 24.1 Å². The zero-order valence-electron chi connectivity index (χ0n) is 11.9. The van der Waals surface area contributed by atoms with Crippen molar-refractivity contribution in [3.63, 3.8) is 0 Å². The maximum Gasteiger partial charge on any atom is 0.261 e. The zero-order chi connectivity index (χ0) is 14.6. The van der Waals surface area contributed by atoms with Gasteiger partial charge in [-0.25, -0.2) is 8.78 Å². The van der Waals surface area contributed by atoms with Crippen LogP contribution >= 0.6 is 0 Å². The Morgan fingerprint density at radius 3 is 2.55 bits per heavy atom. The van der Waals surface area contributed by atoms with Gasteiger partial charge in [0.25, 0.3) is 6.43 Å². The molecule has 1 aromatic carbocycles. The van der Waals surface area contributed by atoms with E-state index in [1.807, 2.05) is 24.3 Å². The van der Waals surface area contributed by atoms with Gasteiger partial charge < -0.3 is 14.8 Å². The summed E-state index contributed by atoms with van der Waals surface area (Å²) in [6, 6.07) is 7.88. The third-order valence-corrected chi connectivity index (χ3v) is 2.69. The third kappa shape index (κ3) is 8.07. The summed E-state index contributed by atoms with van der Waals surface area (Å²) in [5.41, 5.74) is 1.13. The SMILES string of the molecule is CCCCOc1ccc(CNCCOCC(F)F)cc1. The lowest BCUT2D eigenvalue weighted by Gasteiger charge is -2.08. The molecule has 0 saturated heterocycles. The lowest BCUT2D eigenvalue weighted by Crippen LogP contribution is -2.20. The van der Waals surface area contributed by atoms with Crippen molar-refractivity contribution < 1.29 is 18.3 Å². The minimum Gasteiger partial charge on any atom is -0.494 e. The van der Waals surface area contributed by atoms with E-state index in [0.29, 0.717) is 19.7 Å². The molecule has 0 amide bonds. The first-order valence-electron chi connectivity index (χ1n) is 7.00. The van der Waals surface area contributed by atoms with Crippen LogP contribution in [0.3, 0.4) is 0 Å². The Morgan fingerprint density at radius 1 is 1.15 bits per heavy atom. The topological polar surface area (TPSA) is 30.5 Å². The highest BCUT2D eigenvalue weighted by molar-refractivity contribution is 5.27. The Hall–Kier alpha value is -1.20. The molecule has 0 atom stereocenters. The average molecular weight is 287 g/mol. The Balaban J connectivity index is 2.11. The lowest BCUT2D eigenvalue weighted by atomic mass is 10.2. The second-order valence-corrected chi connectivity index (χ2v) is 4.49. The molecule has 0 aliphatic rings. The number of benzene rings is 1. The molecule has 1 aromatic rings. The molecule has 5 heteroatoms. The first-order valence-corrected chi connectivity index (χ1v) is 7.00. The van der Waals surface area contributed by atoms with Crippen LogP contribution < -0.4 is 10.1 Å². The van der Waals surface area contributed by atoms with Crippen LogP contribution in [0.15, 0.2) is 24.3 Å². The van der Waals surface area contributed by atoms with E-state index < -0.39 is 13.0 Å². The predicted octanol–water partition coefficient (Wildman–Crippen LogP) is 3.24. The predicted molar refractivity (Wildman–Crippen MR) is 75.4 cm³/mol. The summed E-state index contributed by atoms with van der Waals surface area (Å²) in [4.78, 5) is 0. The highest BCUT2D eigenvalue weighted by atomic mass is 19.3. The molecule has 0 spiro atoms. The average Bonchev–Trinajstić information content (AvgIpc) is 2.44. The van der Waals surface area contributed by atoms with E-state index in [1.165, 1.54) is 0 Å². The number of alkyl halides is 2. The van der Waals surface area contributed by atoms with Crippen molar-refractivity contribution in [3.8, 4) is 5.75 Å². The fourth-order valence-electron chi connectivity index (χ4n) is 1.59.